The Bertz CT molecular complexity index is 344. The Morgan fingerprint density at radius 1 is 1.73 bits per heavy atom. The Morgan fingerprint density at radius 3 is 3.20 bits per heavy atom. The van der Waals surface area contributed by atoms with E-state index in [-0.39, 0.29) is 5.97 Å². The summed E-state index contributed by atoms with van der Waals surface area (Å²) in [5.74, 6) is -0.331. The van der Waals surface area contributed by atoms with E-state index < -0.39 is 0 Å². The third-order valence-corrected chi connectivity index (χ3v) is 2.36. The lowest BCUT2D eigenvalue weighted by Gasteiger charge is -2.03. The Kier molecular flexibility index (Phi) is 3.01. The minimum absolute atomic E-state index is 0.331. The second-order valence-corrected chi connectivity index (χ2v) is 3.65. The van der Waals surface area contributed by atoms with Crippen molar-refractivity contribution in [1.82, 2.24) is 15.5 Å². The molecule has 5 nitrogen and oxygen atoms in total. The van der Waals surface area contributed by atoms with Gasteiger partial charge in [0.15, 0.2) is 0 Å². The van der Waals surface area contributed by atoms with Gasteiger partial charge in [0, 0.05) is 18.2 Å². The number of hydrogen-bond acceptors (Lipinski definition) is 4. The van der Waals surface area contributed by atoms with Crippen LogP contribution in [-0.4, -0.2) is 28.8 Å². The number of carbonyl (C=O) groups is 1. The van der Waals surface area contributed by atoms with Gasteiger partial charge in [0.1, 0.15) is 5.69 Å². The second kappa shape index (κ2) is 4.44. The highest BCUT2D eigenvalue weighted by Crippen LogP contribution is 2.19. The van der Waals surface area contributed by atoms with Crippen LogP contribution in [0.2, 0.25) is 0 Å². The van der Waals surface area contributed by atoms with Crippen molar-refractivity contribution in [1.29, 1.82) is 0 Å². The molecule has 1 aromatic rings. The maximum absolute atomic E-state index is 11.5. The van der Waals surface area contributed by atoms with Crippen LogP contribution in [0, 0.1) is 0 Å². The molecule has 0 atom stereocenters. The fourth-order valence-corrected chi connectivity index (χ4v) is 1.37. The van der Waals surface area contributed by atoms with E-state index in [4.69, 9.17) is 4.74 Å². The first-order valence-corrected chi connectivity index (χ1v) is 5.24. The van der Waals surface area contributed by atoms with Crippen LogP contribution in [0.15, 0.2) is 6.20 Å². The monoisotopic (exact) mass is 209 g/mol. The van der Waals surface area contributed by atoms with Crippen molar-refractivity contribution in [2.75, 3.05) is 6.61 Å². The molecule has 2 N–H and O–H groups in total. The van der Waals surface area contributed by atoms with E-state index in [9.17, 15) is 4.79 Å². The predicted octanol–water partition coefficient (Wildman–Crippen LogP) is 0.838. The third kappa shape index (κ3) is 2.56. The van der Waals surface area contributed by atoms with Crippen LogP contribution in [0.3, 0.4) is 0 Å². The normalized spacial score (nSPS) is 15.3. The molecular weight excluding hydrogens is 194 g/mol. The minimum Gasteiger partial charge on any atom is -0.461 e. The highest BCUT2D eigenvalue weighted by molar-refractivity contribution is 5.88. The summed E-state index contributed by atoms with van der Waals surface area (Å²) in [5, 5.41) is 9.86. The lowest BCUT2D eigenvalue weighted by molar-refractivity contribution is 0.0518. The number of ether oxygens (including phenoxy) is 1. The maximum atomic E-state index is 11.5. The molecule has 1 aliphatic rings. The van der Waals surface area contributed by atoms with Gasteiger partial charge in [-0.2, -0.15) is 5.10 Å². The highest BCUT2D eigenvalue weighted by Gasteiger charge is 2.22. The molecule has 1 aliphatic carbocycles. The van der Waals surface area contributed by atoms with Gasteiger partial charge in [-0.1, -0.05) is 0 Å². The summed E-state index contributed by atoms with van der Waals surface area (Å²) < 4.78 is 4.91. The quantitative estimate of drug-likeness (QED) is 0.705. The molecule has 0 radical (unpaired) electrons. The van der Waals surface area contributed by atoms with Gasteiger partial charge in [0.25, 0.3) is 0 Å². The van der Waals surface area contributed by atoms with E-state index in [1.54, 1.807) is 13.1 Å². The van der Waals surface area contributed by atoms with Crippen molar-refractivity contribution in [3.8, 4) is 0 Å². The maximum Gasteiger partial charge on any atom is 0.356 e. The Balaban J connectivity index is 1.96. The molecule has 0 aromatic carbocycles. The van der Waals surface area contributed by atoms with Gasteiger partial charge < -0.3 is 10.1 Å². The SMILES string of the molecule is CCOC(=O)c1[nH]ncc1CNC1CC1. The predicted molar refractivity (Wildman–Crippen MR) is 54.4 cm³/mol. The third-order valence-electron chi connectivity index (χ3n) is 2.36. The molecule has 1 heterocycles. The molecule has 0 saturated heterocycles. The second-order valence-electron chi connectivity index (χ2n) is 3.65. The van der Waals surface area contributed by atoms with Crippen LogP contribution in [-0.2, 0) is 11.3 Å². The van der Waals surface area contributed by atoms with Gasteiger partial charge in [0.05, 0.1) is 12.8 Å². The Morgan fingerprint density at radius 2 is 2.53 bits per heavy atom. The van der Waals surface area contributed by atoms with Crippen LogP contribution in [0.25, 0.3) is 0 Å². The summed E-state index contributed by atoms with van der Waals surface area (Å²) in [4.78, 5) is 11.5. The topological polar surface area (TPSA) is 67.0 Å². The van der Waals surface area contributed by atoms with Crippen molar-refractivity contribution in [2.45, 2.75) is 32.4 Å². The molecule has 0 aliphatic heterocycles. The summed E-state index contributed by atoms with van der Waals surface area (Å²) in [5.41, 5.74) is 1.34. The minimum atomic E-state index is -0.331. The smallest absolute Gasteiger partial charge is 0.356 e. The Labute approximate surface area is 88.2 Å². The number of nitrogens with one attached hydrogen (secondary N) is 2. The van der Waals surface area contributed by atoms with Gasteiger partial charge in [-0.3, -0.25) is 5.10 Å². The zero-order valence-electron chi connectivity index (χ0n) is 8.75. The number of H-pyrrole nitrogens is 1. The van der Waals surface area contributed by atoms with Crippen molar-refractivity contribution in [3.63, 3.8) is 0 Å². The molecule has 15 heavy (non-hydrogen) atoms. The van der Waals surface area contributed by atoms with Crippen LogP contribution in [0.4, 0.5) is 0 Å². The molecule has 5 heteroatoms. The van der Waals surface area contributed by atoms with Crippen LogP contribution < -0.4 is 5.32 Å². The molecule has 0 spiro atoms. The molecule has 1 saturated carbocycles. The summed E-state index contributed by atoms with van der Waals surface area (Å²) in [6.07, 6.45) is 4.13. The van der Waals surface area contributed by atoms with Crippen molar-refractivity contribution in [3.05, 3.63) is 17.5 Å². The van der Waals surface area contributed by atoms with E-state index in [1.807, 2.05) is 0 Å². The first-order chi connectivity index (χ1) is 7.31. The molecule has 0 bridgehead atoms. The largest absolute Gasteiger partial charge is 0.461 e. The molecule has 1 fully saturated rings. The van der Waals surface area contributed by atoms with Crippen molar-refractivity contribution in [2.24, 2.45) is 0 Å². The van der Waals surface area contributed by atoms with E-state index in [0.29, 0.717) is 24.9 Å². The highest BCUT2D eigenvalue weighted by atomic mass is 16.5. The van der Waals surface area contributed by atoms with E-state index >= 15 is 0 Å². The van der Waals surface area contributed by atoms with E-state index in [2.05, 4.69) is 15.5 Å². The zero-order chi connectivity index (χ0) is 10.7. The average Bonchev–Trinajstić information content (AvgIpc) is 2.93. The van der Waals surface area contributed by atoms with Crippen molar-refractivity contribution >= 4 is 5.97 Å². The standard InChI is InChI=1S/C10H15N3O2/c1-2-15-10(14)9-7(6-12-13-9)5-11-8-3-4-8/h6,8,11H,2-5H2,1H3,(H,12,13). The first kappa shape index (κ1) is 10.2. The number of nitrogens with zero attached hydrogens (tertiary/aromatic N) is 1. The number of carbonyl (C=O) groups excluding carboxylic acids is 1. The zero-order valence-corrected chi connectivity index (χ0v) is 8.75. The van der Waals surface area contributed by atoms with Gasteiger partial charge in [-0.15, -0.1) is 0 Å². The van der Waals surface area contributed by atoms with Gasteiger partial charge >= 0.3 is 5.97 Å². The lowest BCUT2D eigenvalue weighted by atomic mass is 10.2. The molecule has 2 rings (SSSR count). The Hall–Kier alpha value is -1.36. The average molecular weight is 209 g/mol. The molecular formula is C10H15N3O2. The van der Waals surface area contributed by atoms with Gasteiger partial charge in [-0.25, -0.2) is 4.79 Å². The fraction of sp³-hybridized carbons (Fsp3) is 0.600. The summed E-state index contributed by atoms with van der Waals surface area (Å²) in [6, 6.07) is 0.620. The van der Waals surface area contributed by atoms with Crippen LogP contribution in [0.1, 0.15) is 35.8 Å². The summed E-state index contributed by atoms with van der Waals surface area (Å²) in [7, 11) is 0. The van der Waals surface area contributed by atoms with Crippen LogP contribution >= 0.6 is 0 Å². The summed E-state index contributed by atoms with van der Waals surface area (Å²) >= 11 is 0. The summed E-state index contributed by atoms with van der Waals surface area (Å²) in [6.45, 7) is 2.85. The molecule has 0 amide bonds. The molecule has 0 unspecified atom stereocenters. The fourth-order valence-electron chi connectivity index (χ4n) is 1.37. The number of rotatable bonds is 5. The number of hydrogen-bond donors (Lipinski definition) is 2. The van der Waals surface area contributed by atoms with E-state index in [0.717, 1.165) is 5.56 Å². The number of esters is 1. The number of aromatic amines is 1. The molecule has 82 valence electrons. The lowest BCUT2D eigenvalue weighted by Crippen LogP contribution is -2.17. The number of aromatic nitrogens is 2. The van der Waals surface area contributed by atoms with Gasteiger partial charge in [0.2, 0.25) is 0 Å². The van der Waals surface area contributed by atoms with Gasteiger partial charge in [-0.05, 0) is 19.8 Å². The van der Waals surface area contributed by atoms with Crippen LogP contribution in [0.5, 0.6) is 0 Å². The molecule has 1 aromatic heterocycles. The first-order valence-electron chi connectivity index (χ1n) is 5.24. The van der Waals surface area contributed by atoms with Crippen molar-refractivity contribution < 1.29 is 9.53 Å². The van der Waals surface area contributed by atoms with E-state index in [1.165, 1.54) is 12.8 Å².